The number of halogens is 1. The summed E-state index contributed by atoms with van der Waals surface area (Å²) in [5.74, 6) is 0.438. The minimum Gasteiger partial charge on any atom is -0.492 e. The van der Waals surface area contributed by atoms with E-state index >= 15 is 0 Å². The van der Waals surface area contributed by atoms with E-state index in [0.717, 1.165) is 5.56 Å². The molecule has 106 valence electrons. The molecule has 0 bridgehead atoms. The van der Waals surface area contributed by atoms with Crippen molar-refractivity contribution in [1.29, 1.82) is 0 Å². The Morgan fingerprint density at radius 2 is 2.05 bits per heavy atom. The lowest BCUT2D eigenvalue weighted by molar-refractivity contribution is 0.337. The van der Waals surface area contributed by atoms with Crippen molar-refractivity contribution in [3.05, 3.63) is 59.7 Å². The van der Waals surface area contributed by atoms with E-state index in [1.807, 2.05) is 26.0 Å². The van der Waals surface area contributed by atoms with E-state index in [0.29, 0.717) is 24.3 Å². The molecule has 3 nitrogen and oxygen atoms in total. The van der Waals surface area contributed by atoms with E-state index in [2.05, 4.69) is 4.98 Å². The van der Waals surface area contributed by atoms with Crippen molar-refractivity contribution in [2.75, 3.05) is 6.61 Å². The first-order valence-corrected chi connectivity index (χ1v) is 6.63. The van der Waals surface area contributed by atoms with Gasteiger partial charge in [-0.05, 0) is 43.5 Å². The van der Waals surface area contributed by atoms with Crippen molar-refractivity contribution >= 4 is 0 Å². The second kappa shape index (κ2) is 6.01. The van der Waals surface area contributed by atoms with Crippen LogP contribution in [-0.4, -0.2) is 11.6 Å². The SMILES string of the molecule is CCOc1cncc(C(C)(N)Cc2ccccc2F)c1. The Morgan fingerprint density at radius 3 is 2.75 bits per heavy atom. The van der Waals surface area contributed by atoms with Crippen molar-refractivity contribution < 1.29 is 9.13 Å². The quantitative estimate of drug-likeness (QED) is 0.911. The molecule has 0 aliphatic heterocycles. The van der Waals surface area contributed by atoms with Crippen LogP contribution in [0.15, 0.2) is 42.7 Å². The van der Waals surface area contributed by atoms with Gasteiger partial charge < -0.3 is 10.5 Å². The van der Waals surface area contributed by atoms with Crippen LogP contribution in [0.25, 0.3) is 0 Å². The van der Waals surface area contributed by atoms with Gasteiger partial charge in [0.05, 0.1) is 12.8 Å². The molecule has 2 N–H and O–H groups in total. The molecular formula is C16H19FN2O. The summed E-state index contributed by atoms with van der Waals surface area (Å²) in [5.41, 5.74) is 7.06. The smallest absolute Gasteiger partial charge is 0.137 e. The van der Waals surface area contributed by atoms with Gasteiger partial charge in [0.2, 0.25) is 0 Å². The first-order chi connectivity index (χ1) is 9.53. The molecule has 4 heteroatoms. The Hall–Kier alpha value is -1.94. The third-order valence-corrected chi connectivity index (χ3v) is 3.20. The molecule has 20 heavy (non-hydrogen) atoms. The van der Waals surface area contributed by atoms with Crippen LogP contribution < -0.4 is 10.5 Å². The van der Waals surface area contributed by atoms with Crippen molar-refractivity contribution in [2.45, 2.75) is 25.8 Å². The van der Waals surface area contributed by atoms with Gasteiger partial charge in [-0.25, -0.2) is 4.39 Å². The Balaban J connectivity index is 2.25. The average molecular weight is 274 g/mol. The van der Waals surface area contributed by atoms with E-state index < -0.39 is 5.54 Å². The van der Waals surface area contributed by atoms with Crippen molar-refractivity contribution in [1.82, 2.24) is 4.98 Å². The third kappa shape index (κ3) is 3.33. The molecule has 0 amide bonds. The Labute approximate surface area is 118 Å². The maximum absolute atomic E-state index is 13.7. The summed E-state index contributed by atoms with van der Waals surface area (Å²) in [6, 6.07) is 8.53. The number of pyridine rings is 1. The van der Waals surface area contributed by atoms with Crippen molar-refractivity contribution in [2.24, 2.45) is 5.73 Å². The summed E-state index contributed by atoms with van der Waals surface area (Å²) in [6.07, 6.45) is 3.74. The van der Waals surface area contributed by atoms with Gasteiger partial charge in [-0.1, -0.05) is 18.2 Å². The first-order valence-electron chi connectivity index (χ1n) is 6.63. The van der Waals surface area contributed by atoms with Gasteiger partial charge in [-0.3, -0.25) is 4.98 Å². The first kappa shape index (κ1) is 14.5. The van der Waals surface area contributed by atoms with Crippen LogP contribution >= 0.6 is 0 Å². The normalized spacial score (nSPS) is 13.8. The van der Waals surface area contributed by atoms with E-state index in [-0.39, 0.29) is 5.82 Å². The van der Waals surface area contributed by atoms with Gasteiger partial charge in [-0.15, -0.1) is 0 Å². The van der Waals surface area contributed by atoms with E-state index in [1.165, 1.54) is 6.07 Å². The lowest BCUT2D eigenvalue weighted by Gasteiger charge is -2.25. The molecule has 2 aromatic rings. The van der Waals surface area contributed by atoms with Crippen LogP contribution in [0.3, 0.4) is 0 Å². The van der Waals surface area contributed by atoms with Crippen LogP contribution in [0.5, 0.6) is 5.75 Å². The average Bonchev–Trinajstić information content (AvgIpc) is 2.42. The molecule has 0 radical (unpaired) electrons. The van der Waals surface area contributed by atoms with Gasteiger partial charge in [0.25, 0.3) is 0 Å². The predicted octanol–water partition coefficient (Wildman–Crippen LogP) is 3.04. The largest absolute Gasteiger partial charge is 0.492 e. The molecule has 2 rings (SSSR count). The zero-order valence-corrected chi connectivity index (χ0v) is 11.8. The second-order valence-corrected chi connectivity index (χ2v) is 5.03. The Morgan fingerprint density at radius 1 is 1.30 bits per heavy atom. The second-order valence-electron chi connectivity index (χ2n) is 5.03. The van der Waals surface area contributed by atoms with Crippen LogP contribution in [0, 0.1) is 5.82 Å². The number of hydrogen-bond acceptors (Lipinski definition) is 3. The highest BCUT2D eigenvalue weighted by molar-refractivity contribution is 5.31. The topological polar surface area (TPSA) is 48.1 Å². The number of nitrogens with two attached hydrogens (primary N) is 1. The zero-order chi connectivity index (χ0) is 14.6. The molecular weight excluding hydrogens is 255 g/mol. The summed E-state index contributed by atoms with van der Waals surface area (Å²) in [7, 11) is 0. The standard InChI is InChI=1S/C16H19FN2O/c1-3-20-14-8-13(10-19-11-14)16(2,18)9-12-6-4-5-7-15(12)17/h4-8,10-11H,3,9,18H2,1-2H3. The molecule has 1 aromatic heterocycles. The highest BCUT2D eigenvalue weighted by Crippen LogP contribution is 2.26. The van der Waals surface area contributed by atoms with Crippen LogP contribution in [0.4, 0.5) is 4.39 Å². The maximum Gasteiger partial charge on any atom is 0.137 e. The summed E-state index contributed by atoms with van der Waals surface area (Å²) in [6.45, 7) is 4.35. The molecule has 0 saturated heterocycles. The number of rotatable bonds is 5. The highest BCUT2D eigenvalue weighted by atomic mass is 19.1. The fraction of sp³-hybridized carbons (Fsp3) is 0.312. The molecule has 0 spiro atoms. The zero-order valence-electron chi connectivity index (χ0n) is 11.8. The fourth-order valence-corrected chi connectivity index (χ4v) is 2.12. The van der Waals surface area contributed by atoms with E-state index in [9.17, 15) is 4.39 Å². The summed E-state index contributed by atoms with van der Waals surface area (Å²) in [5, 5.41) is 0. The summed E-state index contributed by atoms with van der Waals surface area (Å²) < 4.78 is 19.2. The van der Waals surface area contributed by atoms with Gasteiger partial charge in [0, 0.05) is 11.7 Å². The van der Waals surface area contributed by atoms with Crippen LogP contribution in [0.2, 0.25) is 0 Å². The molecule has 0 aliphatic rings. The Kier molecular flexibility index (Phi) is 4.35. The minimum absolute atomic E-state index is 0.238. The van der Waals surface area contributed by atoms with Gasteiger partial charge >= 0.3 is 0 Å². The number of hydrogen-bond donors (Lipinski definition) is 1. The molecule has 0 fully saturated rings. The van der Waals surface area contributed by atoms with Crippen LogP contribution in [0.1, 0.15) is 25.0 Å². The molecule has 1 aromatic carbocycles. The lowest BCUT2D eigenvalue weighted by Crippen LogP contribution is -2.36. The maximum atomic E-state index is 13.7. The third-order valence-electron chi connectivity index (χ3n) is 3.20. The van der Waals surface area contributed by atoms with E-state index in [4.69, 9.17) is 10.5 Å². The van der Waals surface area contributed by atoms with Crippen molar-refractivity contribution in [3.63, 3.8) is 0 Å². The molecule has 1 heterocycles. The molecule has 0 aliphatic carbocycles. The minimum atomic E-state index is -0.706. The molecule has 1 unspecified atom stereocenters. The number of aromatic nitrogens is 1. The number of benzene rings is 1. The fourth-order valence-electron chi connectivity index (χ4n) is 2.12. The summed E-state index contributed by atoms with van der Waals surface area (Å²) in [4.78, 5) is 4.13. The summed E-state index contributed by atoms with van der Waals surface area (Å²) >= 11 is 0. The molecule has 1 atom stereocenters. The predicted molar refractivity (Wildman–Crippen MR) is 77.0 cm³/mol. The van der Waals surface area contributed by atoms with Crippen molar-refractivity contribution in [3.8, 4) is 5.75 Å². The number of nitrogens with zero attached hydrogens (tertiary/aromatic N) is 1. The van der Waals surface area contributed by atoms with Gasteiger partial charge in [-0.2, -0.15) is 0 Å². The lowest BCUT2D eigenvalue weighted by atomic mass is 9.87. The van der Waals surface area contributed by atoms with E-state index in [1.54, 1.807) is 24.5 Å². The van der Waals surface area contributed by atoms with Gasteiger partial charge in [0.1, 0.15) is 11.6 Å². The molecule has 0 saturated carbocycles. The highest BCUT2D eigenvalue weighted by Gasteiger charge is 2.24. The monoisotopic (exact) mass is 274 g/mol. The van der Waals surface area contributed by atoms with Crippen LogP contribution in [-0.2, 0) is 12.0 Å². The van der Waals surface area contributed by atoms with Gasteiger partial charge in [0.15, 0.2) is 0 Å². The number of ether oxygens (including phenoxy) is 1. The Bertz CT molecular complexity index is 584.